The SMILES string of the molecule is Cl.NC1CCC(C(=O)NCc2ccc(-n3ccc(C(F)(F)F)n3)cc2)C1. The van der Waals surface area contributed by atoms with Crippen molar-refractivity contribution in [3.05, 3.63) is 47.8 Å². The van der Waals surface area contributed by atoms with Crippen LogP contribution >= 0.6 is 12.4 Å². The summed E-state index contributed by atoms with van der Waals surface area (Å²) in [5, 5.41) is 6.40. The molecule has 0 radical (unpaired) electrons. The van der Waals surface area contributed by atoms with Gasteiger partial charge in [0.05, 0.1) is 5.69 Å². The highest BCUT2D eigenvalue weighted by molar-refractivity contribution is 5.85. The minimum absolute atomic E-state index is 0. The molecule has 1 fully saturated rings. The fourth-order valence-electron chi connectivity index (χ4n) is 2.97. The predicted molar refractivity (Wildman–Crippen MR) is 93.0 cm³/mol. The number of nitrogens with zero attached hydrogens (tertiary/aromatic N) is 2. The molecule has 3 rings (SSSR count). The highest BCUT2D eigenvalue weighted by Gasteiger charge is 2.33. The van der Waals surface area contributed by atoms with Crippen molar-refractivity contribution in [3.8, 4) is 5.69 Å². The van der Waals surface area contributed by atoms with Gasteiger partial charge < -0.3 is 11.1 Å². The van der Waals surface area contributed by atoms with Gasteiger partial charge in [-0.15, -0.1) is 12.4 Å². The molecule has 5 nitrogen and oxygen atoms in total. The van der Waals surface area contributed by atoms with Crippen molar-refractivity contribution in [2.45, 2.75) is 38.0 Å². The lowest BCUT2D eigenvalue weighted by Gasteiger charge is -2.11. The first kappa shape index (κ1) is 20.3. The number of nitrogens with two attached hydrogens (primary N) is 1. The van der Waals surface area contributed by atoms with Gasteiger partial charge in [-0.05, 0) is 43.0 Å². The minimum atomic E-state index is -4.46. The zero-order chi connectivity index (χ0) is 18.0. The van der Waals surface area contributed by atoms with Gasteiger partial charge in [-0.1, -0.05) is 12.1 Å². The Bertz CT molecular complexity index is 745. The van der Waals surface area contributed by atoms with E-state index in [2.05, 4.69) is 10.4 Å². The third kappa shape index (κ3) is 4.76. The summed E-state index contributed by atoms with van der Waals surface area (Å²) in [4.78, 5) is 12.1. The van der Waals surface area contributed by atoms with Crippen molar-refractivity contribution in [1.82, 2.24) is 15.1 Å². The second-order valence-electron chi connectivity index (χ2n) is 6.30. The maximum absolute atomic E-state index is 12.6. The monoisotopic (exact) mass is 388 g/mol. The Morgan fingerprint density at radius 3 is 2.46 bits per heavy atom. The average Bonchev–Trinajstić information content (AvgIpc) is 3.22. The third-order valence-electron chi connectivity index (χ3n) is 4.39. The Labute approximate surface area is 155 Å². The van der Waals surface area contributed by atoms with E-state index >= 15 is 0 Å². The van der Waals surface area contributed by atoms with Crippen LogP contribution in [0.2, 0.25) is 0 Å². The molecule has 1 aliphatic carbocycles. The molecule has 0 spiro atoms. The summed E-state index contributed by atoms with van der Waals surface area (Å²) < 4.78 is 38.9. The Balaban J connectivity index is 0.00000243. The van der Waals surface area contributed by atoms with Gasteiger partial charge in [0.25, 0.3) is 0 Å². The first-order chi connectivity index (χ1) is 11.8. The van der Waals surface area contributed by atoms with Gasteiger partial charge in [0.1, 0.15) is 0 Å². The number of hydrogen-bond donors (Lipinski definition) is 2. The van der Waals surface area contributed by atoms with E-state index in [4.69, 9.17) is 5.73 Å². The van der Waals surface area contributed by atoms with Gasteiger partial charge in [0.15, 0.2) is 5.69 Å². The van der Waals surface area contributed by atoms with Crippen molar-refractivity contribution in [2.24, 2.45) is 11.7 Å². The van der Waals surface area contributed by atoms with Gasteiger partial charge in [0.2, 0.25) is 5.91 Å². The van der Waals surface area contributed by atoms with Crippen molar-refractivity contribution < 1.29 is 18.0 Å². The third-order valence-corrected chi connectivity index (χ3v) is 4.39. The van der Waals surface area contributed by atoms with Crippen molar-refractivity contribution >= 4 is 18.3 Å². The number of rotatable bonds is 4. The molecule has 9 heteroatoms. The zero-order valence-electron chi connectivity index (χ0n) is 13.9. The van der Waals surface area contributed by atoms with E-state index in [1.807, 2.05) is 0 Å². The molecular weight excluding hydrogens is 369 g/mol. The molecule has 1 saturated carbocycles. The van der Waals surface area contributed by atoms with E-state index in [1.165, 1.54) is 10.9 Å². The molecule has 1 heterocycles. The number of amides is 1. The van der Waals surface area contributed by atoms with Crippen LogP contribution in [0.1, 0.15) is 30.5 Å². The molecule has 2 unspecified atom stereocenters. The van der Waals surface area contributed by atoms with Crippen molar-refractivity contribution in [2.75, 3.05) is 0 Å². The predicted octanol–water partition coefficient (Wildman–Crippen LogP) is 3.06. The van der Waals surface area contributed by atoms with Gasteiger partial charge in [0, 0.05) is 24.7 Å². The first-order valence-electron chi connectivity index (χ1n) is 8.08. The Hall–Kier alpha value is -2.06. The highest BCUT2D eigenvalue weighted by Crippen LogP contribution is 2.28. The number of benzene rings is 1. The molecular formula is C17H20ClF3N4O. The Morgan fingerprint density at radius 2 is 1.92 bits per heavy atom. The number of carbonyl (C=O) groups excluding carboxylic acids is 1. The second-order valence-corrected chi connectivity index (χ2v) is 6.30. The molecule has 1 aromatic heterocycles. The topological polar surface area (TPSA) is 72.9 Å². The van der Waals surface area contributed by atoms with E-state index < -0.39 is 11.9 Å². The summed E-state index contributed by atoms with van der Waals surface area (Å²) in [5.74, 6) is -0.0296. The smallest absolute Gasteiger partial charge is 0.352 e. The molecule has 0 bridgehead atoms. The van der Waals surface area contributed by atoms with Crippen LogP contribution in [0.5, 0.6) is 0 Å². The fourth-order valence-corrected chi connectivity index (χ4v) is 2.97. The number of alkyl halides is 3. The summed E-state index contributed by atoms with van der Waals surface area (Å²) in [6.07, 6.45) is -0.795. The molecule has 1 aliphatic rings. The summed E-state index contributed by atoms with van der Waals surface area (Å²) >= 11 is 0. The van der Waals surface area contributed by atoms with E-state index in [0.29, 0.717) is 18.7 Å². The van der Waals surface area contributed by atoms with Gasteiger partial charge in [-0.2, -0.15) is 18.3 Å². The largest absolute Gasteiger partial charge is 0.435 e. The number of nitrogens with one attached hydrogen (secondary N) is 1. The standard InChI is InChI=1S/C17H19F3N4O.ClH/c18-17(19,20)15-7-8-24(23-15)14-5-1-11(2-6-14)10-22-16(25)12-3-4-13(21)9-12;/h1-2,5-8,12-13H,3-4,9-10,21H2,(H,22,25);1H. The average molecular weight is 389 g/mol. The molecule has 26 heavy (non-hydrogen) atoms. The van der Waals surface area contributed by atoms with Crippen LogP contribution in [0.3, 0.4) is 0 Å². The number of carbonyl (C=O) groups is 1. The van der Waals surface area contributed by atoms with Crippen LogP contribution in [0.4, 0.5) is 13.2 Å². The van der Waals surface area contributed by atoms with Crippen LogP contribution in [0.25, 0.3) is 5.69 Å². The molecule has 1 amide bonds. The molecule has 1 aromatic carbocycles. The highest BCUT2D eigenvalue weighted by atomic mass is 35.5. The van der Waals surface area contributed by atoms with Crippen molar-refractivity contribution in [3.63, 3.8) is 0 Å². The summed E-state index contributed by atoms with van der Waals surface area (Å²) in [6.45, 7) is 0.373. The number of halogens is 4. The van der Waals surface area contributed by atoms with E-state index in [0.717, 1.165) is 24.5 Å². The van der Waals surface area contributed by atoms with E-state index in [-0.39, 0.29) is 30.3 Å². The maximum Gasteiger partial charge on any atom is 0.435 e. The molecule has 0 aliphatic heterocycles. The van der Waals surface area contributed by atoms with E-state index in [9.17, 15) is 18.0 Å². The molecule has 0 saturated heterocycles. The second kappa shape index (κ2) is 8.09. The Morgan fingerprint density at radius 1 is 1.23 bits per heavy atom. The summed E-state index contributed by atoms with van der Waals surface area (Å²) in [5.41, 5.74) is 6.26. The van der Waals surface area contributed by atoms with Crippen LogP contribution in [0.15, 0.2) is 36.5 Å². The maximum atomic E-state index is 12.6. The van der Waals surface area contributed by atoms with Crippen LogP contribution in [0, 0.1) is 5.92 Å². The number of hydrogen-bond acceptors (Lipinski definition) is 3. The van der Waals surface area contributed by atoms with Crippen LogP contribution in [-0.4, -0.2) is 21.7 Å². The van der Waals surface area contributed by atoms with Crippen LogP contribution < -0.4 is 11.1 Å². The fraction of sp³-hybridized carbons (Fsp3) is 0.412. The first-order valence-corrected chi connectivity index (χ1v) is 8.08. The van der Waals surface area contributed by atoms with Crippen molar-refractivity contribution in [1.29, 1.82) is 0 Å². The lowest BCUT2D eigenvalue weighted by atomic mass is 10.1. The molecule has 2 aromatic rings. The molecule has 142 valence electrons. The molecule has 2 atom stereocenters. The van der Waals surface area contributed by atoms with Crippen LogP contribution in [-0.2, 0) is 17.5 Å². The summed E-state index contributed by atoms with van der Waals surface area (Å²) in [6, 6.07) is 7.88. The van der Waals surface area contributed by atoms with Gasteiger partial charge in [-0.3, -0.25) is 4.79 Å². The van der Waals surface area contributed by atoms with Gasteiger partial charge in [-0.25, -0.2) is 4.68 Å². The van der Waals surface area contributed by atoms with Gasteiger partial charge >= 0.3 is 6.18 Å². The lowest BCUT2D eigenvalue weighted by molar-refractivity contribution is -0.141. The normalized spacial score (nSPS) is 19.8. The number of aromatic nitrogens is 2. The van der Waals surface area contributed by atoms with E-state index in [1.54, 1.807) is 24.3 Å². The summed E-state index contributed by atoms with van der Waals surface area (Å²) in [7, 11) is 0. The quantitative estimate of drug-likeness (QED) is 0.845. The minimum Gasteiger partial charge on any atom is -0.352 e. The molecule has 3 N–H and O–H groups in total. The zero-order valence-corrected chi connectivity index (χ0v) is 14.7. The Kier molecular flexibility index (Phi) is 6.30. The lowest BCUT2D eigenvalue weighted by Crippen LogP contribution is -2.29.